The van der Waals surface area contributed by atoms with Crippen molar-refractivity contribution in [3.05, 3.63) is 33.1 Å². The lowest BCUT2D eigenvalue weighted by Gasteiger charge is -2.12. The lowest BCUT2D eigenvalue weighted by Crippen LogP contribution is -2.30. The van der Waals surface area contributed by atoms with Crippen LogP contribution in [0.3, 0.4) is 0 Å². The molecule has 1 saturated heterocycles. The number of carbonyl (C=O) groups excluding carboxylic acids is 1. The molecule has 1 N–H and O–H groups in total. The van der Waals surface area contributed by atoms with Crippen LogP contribution in [0.1, 0.15) is 25.3 Å². The summed E-state index contributed by atoms with van der Waals surface area (Å²) in [6.07, 6.45) is 2.48. The molecule has 1 aromatic carbocycles. The maximum absolute atomic E-state index is 12.4. The van der Waals surface area contributed by atoms with Gasteiger partial charge >= 0.3 is 5.97 Å². The summed E-state index contributed by atoms with van der Waals surface area (Å²) in [5, 5.41) is 8.77. The Morgan fingerprint density at radius 1 is 1.50 bits per heavy atom. The molecular weight excluding hydrogens is 414 g/mol. The van der Waals surface area contributed by atoms with Gasteiger partial charge in [-0.25, -0.2) is 0 Å². The second kappa shape index (κ2) is 8.64. The van der Waals surface area contributed by atoms with Gasteiger partial charge in [-0.05, 0) is 30.7 Å². The summed E-state index contributed by atoms with van der Waals surface area (Å²) in [5.41, 5.74) is 0.775. The minimum Gasteiger partial charge on any atom is -0.493 e. The summed E-state index contributed by atoms with van der Waals surface area (Å²) in [7, 11) is 0. The van der Waals surface area contributed by atoms with Crippen molar-refractivity contribution in [1.82, 2.24) is 4.90 Å². The Morgan fingerprint density at radius 2 is 2.25 bits per heavy atom. The van der Waals surface area contributed by atoms with E-state index in [0.29, 0.717) is 21.6 Å². The molecule has 0 spiro atoms. The molecule has 0 atom stereocenters. The van der Waals surface area contributed by atoms with Crippen molar-refractivity contribution in [3.8, 4) is 5.75 Å². The van der Waals surface area contributed by atoms with Crippen molar-refractivity contribution in [3.63, 3.8) is 0 Å². The number of ether oxygens (including phenoxy) is 1. The SMILES string of the molecule is CCCOc1ccc(Br)cc1/C=C1/SC(=S)N(CCC(=O)O)C1=O. The lowest BCUT2D eigenvalue weighted by molar-refractivity contribution is -0.137. The Bertz CT molecular complexity index is 705. The molecule has 128 valence electrons. The third-order valence-electron chi connectivity index (χ3n) is 3.14. The summed E-state index contributed by atoms with van der Waals surface area (Å²) in [6, 6.07) is 5.59. The second-order valence-electron chi connectivity index (χ2n) is 5.01. The van der Waals surface area contributed by atoms with Gasteiger partial charge in [0.05, 0.1) is 17.9 Å². The molecule has 8 heteroatoms. The van der Waals surface area contributed by atoms with Crippen LogP contribution < -0.4 is 4.74 Å². The molecule has 1 fully saturated rings. The van der Waals surface area contributed by atoms with Gasteiger partial charge in [0.25, 0.3) is 5.91 Å². The Labute approximate surface area is 158 Å². The van der Waals surface area contributed by atoms with Crippen LogP contribution in [-0.2, 0) is 9.59 Å². The summed E-state index contributed by atoms with van der Waals surface area (Å²) >= 11 is 9.77. The van der Waals surface area contributed by atoms with Gasteiger partial charge in [0.2, 0.25) is 0 Å². The third-order valence-corrected chi connectivity index (χ3v) is 5.01. The molecule has 1 amide bonds. The number of hydrogen-bond acceptors (Lipinski definition) is 5. The highest BCUT2D eigenvalue weighted by Crippen LogP contribution is 2.35. The van der Waals surface area contributed by atoms with Crippen molar-refractivity contribution >= 4 is 62.2 Å². The minimum absolute atomic E-state index is 0.0784. The van der Waals surface area contributed by atoms with Gasteiger partial charge in [0.1, 0.15) is 10.1 Å². The number of carboxylic acid groups (broad SMARTS) is 1. The number of thiocarbonyl (C=S) groups is 1. The Kier molecular flexibility index (Phi) is 6.82. The van der Waals surface area contributed by atoms with Crippen molar-refractivity contribution in [1.29, 1.82) is 0 Å². The van der Waals surface area contributed by atoms with Gasteiger partial charge in [-0.1, -0.05) is 46.8 Å². The highest BCUT2D eigenvalue weighted by Gasteiger charge is 2.32. The van der Waals surface area contributed by atoms with E-state index in [4.69, 9.17) is 22.1 Å². The molecule has 0 bridgehead atoms. The van der Waals surface area contributed by atoms with Crippen LogP contribution in [0.15, 0.2) is 27.6 Å². The summed E-state index contributed by atoms with van der Waals surface area (Å²) < 4.78 is 6.96. The van der Waals surface area contributed by atoms with Gasteiger partial charge in [0.15, 0.2) is 0 Å². The number of halogens is 1. The number of carbonyl (C=O) groups is 2. The van der Waals surface area contributed by atoms with Crippen LogP contribution in [-0.4, -0.2) is 39.4 Å². The van der Waals surface area contributed by atoms with E-state index < -0.39 is 5.97 Å². The fourth-order valence-corrected chi connectivity index (χ4v) is 3.70. The summed E-state index contributed by atoms with van der Waals surface area (Å²) in [5.74, 6) is -0.543. The van der Waals surface area contributed by atoms with Gasteiger partial charge in [-0.15, -0.1) is 0 Å². The average molecular weight is 430 g/mol. The monoisotopic (exact) mass is 429 g/mol. The highest BCUT2D eigenvalue weighted by atomic mass is 79.9. The van der Waals surface area contributed by atoms with Crippen LogP contribution in [0, 0.1) is 0 Å². The number of benzene rings is 1. The minimum atomic E-state index is -0.963. The van der Waals surface area contributed by atoms with Gasteiger partial charge in [0, 0.05) is 16.6 Å². The normalized spacial score (nSPS) is 16.1. The fourth-order valence-electron chi connectivity index (χ4n) is 2.02. The van der Waals surface area contributed by atoms with Crippen molar-refractivity contribution in [2.24, 2.45) is 0 Å². The molecule has 1 aliphatic heterocycles. The lowest BCUT2D eigenvalue weighted by atomic mass is 10.2. The third kappa shape index (κ3) is 4.81. The topological polar surface area (TPSA) is 66.8 Å². The van der Waals surface area contributed by atoms with E-state index in [2.05, 4.69) is 15.9 Å². The molecule has 1 aliphatic rings. The van der Waals surface area contributed by atoms with Gasteiger partial charge < -0.3 is 9.84 Å². The average Bonchev–Trinajstić information content (AvgIpc) is 2.78. The Balaban J connectivity index is 2.25. The molecule has 1 heterocycles. The Morgan fingerprint density at radius 3 is 2.92 bits per heavy atom. The van der Waals surface area contributed by atoms with Crippen molar-refractivity contribution < 1.29 is 19.4 Å². The number of carboxylic acids is 1. The zero-order valence-electron chi connectivity index (χ0n) is 13.0. The first-order valence-corrected chi connectivity index (χ1v) is 9.33. The predicted molar refractivity (Wildman–Crippen MR) is 102 cm³/mol. The van der Waals surface area contributed by atoms with E-state index in [0.717, 1.165) is 16.5 Å². The number of rotatable bonds is 7. The molecule has 2 rings (SSSR count). The zero-order chi connectivity index (χ0) is 17.7. The fraction of sp³-hybridized carbons (Fsp3) is 0.312. The van der Waals surface area contributed by atoms with Crippen molar-refractivity contribution in [2.45, 2.75) is 19.8 Å². The van der Waals surface area contributed by atoms with E-state index >= 15 is 0 Å². The van der Waals surface area contributed by atoms with E-state index in [1.807, 2.05) is 25.1 Å². The molecule has 24 heavy (non-hydrogen) atoms. The van der Waals surface area contributed by atoms with Crippen molar-refractivity contribution in [2.75, 3.05) is 13.2 Å². The molecule has 5 nitrogen and oxygen atoms in total. The van der Waals surface area contributed by atoms with Crippen LogP contribution in [0.2, 0.25) is 0 Å². The van der Waals surface area contributed by atoms with Gasteiger partial charge in [-0.3, -0.25) is 14.5 Å². The second-order valence-corrected chi connectivity index (χ2v) is 7.60. The summed E-state index contributed by atoms with van der Waals surface area (Å²) in [4.78, 5) is 24.9. The standard InChI is InChI=1S/C16H16BrNO4S2/c1-2-7-22-12-4-3-11(17)8-10(12)9-13-15(21)18(16(23)24-13)6-5-14(19)20/h3-4,8-9H,2,5-7H2,1H3,(H,19,20)/b13-9+. The molecule has 0 saturated carbocycles. The number of nitrogens with zero attached hydrogens (tertiary/aromatic N) is 1. The molecule has 0 unspecified atom stereocenters. The largest absolute Gasteiger partial charge is 0.493 e. The van der Waals surface area contributed by atoms with E-state index in [9.17, 15) is 9.59 Å². The van der Waals surface area contributed by atoms with E-state index in [1.54, 1.807) is 6.08 Å². The molecular formula is C16H16BrNO4S2. The number of hydrogen-bond donors (Lipinski definition) is 1. The van der Waals surface area contributed by atoms with Gasteiger partial charge in [-0.2, -0.15) is 0 Å². The number of aliphatic carboxylic acids is 1. The molecule has 0 aliphatic carbocycles. The van der Waals surface area contributed by atoms with Crippen LogP contribution in [0.5, 0.6) is 5.75 Å². The first kappa shape index (κ1) is 19.0. The first-order valence-electron chi connectivity index (χ1n) is 7.32. The highest BCUT2D eigenvalue weighted by molar-refractivity contribution is 9.10. The number of thioether (sulfide) groups is 1. The predicted octanol–water partition coefficient (Wildman–Crippen LogP) is 3.91. The smallest absolute Gasteiger partial charge is 0.305 e. The maximum Gasteiger partial charge on any atom is 0.305 e. The molecule has 0 aromatic heterocycles. The quantitative estimate of drug-likeness (QED) is 0.523. The van der Waals surface area contributed by atoms with Crippen LogP contribution in [0.25, 0.3) is 6.08 Å². The van der Waals surface area contributed by atoms with E-state index in [-0.39, 0.29) is 18.9 Å². The maximum atomic E-state index is 12.4. The van der Waals surface area contributed by atoms with Crippen LogP contribution in [0.4, 0.5) is 0 Å². The number of amides is 1. The summed E-state index contributed by atoms with van der Waals surface area (Å²) in [6.45, 7) is 2.68. The first-order chi connectivity index (χ1) is 11.4. The Hall–Kier alpha value is -1.38. The molecule has 0 radical (unpaired) electrons. The van der Waals surface area contributed by atoms with E-state index in [1.165, 1.54) is 16.7 Å². The molecule has 1 aromatic rings. The zero-order valence-corrected chi connectivity index (χ0v) is 16.2. The van der Waals surface area contributed by atoms with Crippen LogP contribution >= 0.6 is 39.9 Å².